The molecule has 20 heavy (non-hydrogen) atoms. The highest BCUT2D eigenvalue weighted by Gasteiger charge is 2.16. The molecule has 0 amide bonds. The van der Waals surface area contributed by atoms with Gasteiger partial charge in [-0.2, -0.15) is 0 Å². The first-order valence-electron chi connectivity index (χ1n) is 6.64. The Kier molecular flexibility index (Phi) is 4.90. The van der Waals surface area contributed by atoms with Gasteiger partial charge in [0.25, 0.3) is 0 Å². The molecule has 0 saturated heterocycles. The van der Waals surface area contributed by atoms with E-state index in [2.05, 4.69) is 66.3 Å². The molecule has 0 radical (unpaired) electrons. The lowest BCUT2D eigenvalue weighted by Crippen LogP contribution is -2.19. The summed E-state index contributed by atoms with van der Waals surface area (Å²) in [7, 11) is 1.99. The summed E-state index contributed by atoms with van der Waals surface area (Å²) >= 11 is 9.59. The molecule has 2 rings (SSSR count). The van der Waals surface area contributed by atoms with Crippen molar-refractivity contribution in [2.75, 3.05) is 7.05 Å². The molecular weight excluding hydrogens is 334 g/mol. The summed E-state index contributed by atoms with van der Waals surface area (Å²) in [5.41, 5.74) is 6.47. The van der Waals surface area contributed by atoms with Gasteiger partial charge >= 0.3 is 0 Å². The Labute approximate surface area is 134 Å². The number of aryl methyl sites for hydroxylation is 3. The van der Waals surface area contributed by atoms with Gasteiger partial charge in [0.1, 0.15) is 0 Å². The Morgan fingerprint density at radius 2 is 1.65 bits per heavy atom. The Morgan fingerprint density at radius 3 is 2.25 bits per heavy atom. The van der Waals surface area contributed by atoms with Crippen LogP contribution in [0.3, 0.4) is 0 Å². The molecule has 1 N–H and O–H groups in total. The van der Waals surface area contributed by atoms with Crippen molar-refractivity contribution < 1.29 is 0 Å². The van der Waals surface area contributed by atoms with E-state index in [1.165, 1.54) is 27.8 Å². The summed E-state index contributed by atoms with van der Waals surface area (Å²) in [6.07, 6.45) is 0. The van der Waals surface area contributed by atoms with Crippen LogP contribution in [0.1, 0.15) is 33.9 Å². The first-order chi connectivity index (χ1) is 9.43. The van der Waals surface area contributed by atoms with E-state index in [0.717, 1.165) is 9.50 Å². The third-order valence-corrected chi connectivity index (χ3v) is 4.97. The zero-order chi connectivity index (χ0) is 14.9. The molecule has 0 spiro atoms. The van der Waals surface area contributed by atoms with Gasteiger partial charge in [0.2, 0.25) is 0 Å². The van der Waals surface area contributed by atoms with Crippen molar-refractivity contribution in [1.29, 1.82) is 0 Å². The Hall–Kier alpha value is -0.830. The van der Waals surface area contributed by atoms with Gasteiger partial charge in [-0.15, -0.1) is 0 Å². The Bertz CT molecular complexity index is 637. The summed E-state index contributed by atoms with van der Waals surface area (Å²) in [6.45, 7) is 6.47. The van der Waals surface area contributed by atoms with Crippen LogP contribution in [0.25, 0.3) is 0 Å². The van der Waals surface area contributed by atoms with Crippen LogP contribution < -0.4 is 5.32 Å². The van der Waals surface area contributed by atoms with Gasteiger partial charge in [-0.3, -0.25) is 0 Å². The minimum absolute atomic E-state index is 0.169. The van der Waals surface area contributed by atoms with Crippen LogP contribution in [-0.4, -0.2) is 7.05 Å². The van der Waals surface area contributed by atoms with Crippen LogP contribution in [0.4, 0.5) is 0 Å². The van der Waals surface area contributed by atoms with Gasteiger partial charge in [-0.25, -0.2) is 0 Å². The number of hydrogen-bond acceptors (Lipinski definition) is 1. The van der Waals surface area contributed by atoms with E-state index in [9.17, 15) is 0 Å². The molecule has 2 aromatic rings. The van der Waals surface area contributed by atoms with E-state index in [1.807, 2.05) is 13.1 Å². The second kappa shape index (κ2) is 6.30. The average Bonchev–Trinajstić information content (AvgIpc) is 2.40. The predicted molar refractivity (Wildman–Crippen MR) is 90.7 cm³/mol. The van der Waals surface area contributed by atoms with Gasteiger partial charge in [-0.05, 0) is 83.7 Å². The molecule has 0 bridgehead atoms. The van der Waals surface area contributed by atoms with Gasteiger partial charge in [0.15, 0.2) is 0 Å². The fraction of sp³-hybridized carbons (Fsp3) is 0.294. The highest BCUT2D eigenvalue weighted by Crippen LogP contribution is 2.31. The van der Waals surface area contributed by atoms with Crippen LogP contribution in [0.5, 0.6) is 0 Å². The molecule has 0 aliphatic rings. The standard InChI is InChI=1S/C17H19BrClN/c1-10-7-12(3)14(8-11(10)2)17(20-4)13-5-6-16(19)15(18)9-13/h5-9,17,20H,1-4H3. The van der Waals surface area contributed by atoms with Crippen molar-refractivity contribution in [3.05, 3.63) is 67.6 Å². The van der Waals surface area contributed by atoms with Gasteiger partial charge in [-0.1, -0.05) is 29.8 Å². The van der Waals surface area contributed by atoms with Crippen LogP contribution in [-0.2, 0) is 0 Å². The summed E-state index contributed by atoms with van der Waals surface area (Å²) in [4.78, 5) is 0. The lowest BCUT2D eigenvalue weighted by Gasteiger charge is -2.21. The maximum Gasteiger partial charge on any atom is 0.0577 e. The van der Waals surface area contributed by atoms with E-state index >= 15 is 0 Å². The Balaban J connectivity index is 2.52. The number of benzene rings is 2. The predicted octanol–water partition coefficient (Wildman–Crippen LogP) is 5.34. The van der Waals surface area contributed by atoms with E-state index in [4.69, 9.17) is 11.6 Å². The smallest absolute Gasteiger partial charge is 0.0577 e. The monoisotopic (exact) mass is 351 g/mol. The zero-order valence-electron chi connectivity index (χ0n) is 12.2. The van der Waals surface area contributed by atoms with Gasteiger partial charge < -0.3 is 5.32 Å². The second-order valence-electron chi connectivity index (χ2n) is 5.19. The van der Waals surface area contributed by atoms with E-state index in [-0.39, 0.29) is 6.04 Å². The summed E-state index contributed by atoms with van der Waals surface area (Å²) in [5.74, 6) is 0. The van der Waals surface area contributed by atoms with E-state index < -0.39 is 0 Å². The Morgan fingerprint density at radius 1 is 1.00 bits per heavy atom. The molecule has 0 aliphatic carbocycles. The molecule has 0 heterocycles. The van der Waals surface area contributed by atoms with Crippen molar-refractivity contribution in [1.82, 2.24) is 5.32 Å². The zero-order valence-corrected chi connectivity index (χ0v) is 14.6. The maximum atomic E-state index is 6.08. The fourth-order valence-corrected chi connectivity index (χ4v) is 3.00. The van der Waals surface area contributed by atoms with Crippen molar-refractivity contribution in [2.24, 2.45) is 0 Å². The molecule has 0 fully saturated rings. The number of nitrogens with one attached hydrogen (secondary N) is 1. The van der Waals surface area contributed by atoms with Crippen molar-refractivity contribution in [2.45, 2.75) is 26.8 Å². The summed E-state index contributed by atoms with van der Waals surface area (Å²) in [5, 5.41) is 4.14. The molecule has 1 unspecified atom stereocenters. The van der Waals surface area contributed by atoms with Gasteiger partial charge in [0.05, 0.1) is 11.1 Å². The molecule has 0 aromatic heterocycles. The van der Waals surface area contributed by atoms with Crippen LogP contribution >= 0.6 is 27.5 Å². The highest BCUT2D eigenvalue weighted by atomic mass is 79.9. The molecular formula is C17H19BrClN. The lowest BCUT2D eigenvalue weighted by atomic mass is 9.92. The first kappa shape index (κ1) is 15.6. The summed E-state index contributed by atoms with van der Waals surface area (Å²) < 4.78 is 0.929. The molecule has 2 aromatic carbocycles. The molecule has 106 valence electrons. The minimum Gasteiger partial charge on any atom is -0.309 e. The van der Waals surface area contributed by atoms with Gasteiger partial charge in [0, 0.05) is 4.47 Å². The third kappa shape index (κ3) is 3.08. The van der Waals surface area contributed by atoms with Crippen LogP contribution in [0.2, 0.25) is 5.02 Å². The van der Waals surface area contributed by atoms with Crippen molar-refractivity contribution >= 4 is 27.5 Å². The lowest BCUT2D eigenvalue weighted by molar-refractivity contribution is 0.686. The third-order valence-electron chi connectivity index (χ3n) is 3.76. The average molecular weight is 353 g/mol. The fourth-order valence-electron chi connectivity index (χ4n) is 2.49. The van der Waals surface area contributed by atoms with Crippen LogP contribution in [0, 0.1) is 20.8 Å². The molecule has 1 atom stereocenters. The van der Waals surface area contributed by atoms with E-state index in [0.29, 0.717) is 0 Å². The van der Waals surface area contributed by atoms with Crippen LogP contribution in [0.15, 0.2) is 34.8 Å². The highest BCUT2D eigenvalue weighted by molar-refractivity contribution is 9.10. The number of halogens is 2. The molecule has 3 heteroatoms. The largest absolute Gasteiger partial charge is 0.309 e. The maximum absolute atomic E-state index is 6.08. The molecule has 0 saturated carbocycles. The van der Waals surface area contributed by atoms with Crippen molar-refractivity contribution in [3.63, 3.8) is 0 Å². The summed E-state index contributed by atoms with van der Waals surface area (Å²) in [6, 6.07) is 10.8. The molecule has 1 nitrogen and oxygen atoms in total. The SMILES string of the molecule is CNC(c1ccc(Cl)c(Br)c1)c1cc(C)c(C)cc1C. The van der Waals surface area contributed by atoms with Crippen molar-refractivity contribution in [3.8, 4) is 0 Å². The normalized spacial score (nSPS) is 12.5. The quantitative estimate of drug-likeness (QED) is 0.786. The number of rotatable bonds is 3. The minimum atomic E-state index is 0.169. The molecule has 0 aliphatic heterocycles. The first-order valence-corrected chi connectivity index (χ1v) is 7.81. The van der Waals surface area contributed by atoms with E-state index in [1.54, 1.807) is 0 Å². The topological polar surface area (TPSA) is 12.0 Å². The number of hydrogen-bond donors (Lipinski definition) is 1. The second-order valence-corrected chi connectivity index (χ2v) is 6.45.